The van der Waals surface area contributed by atoms with Crippen LogP contribution in [0.3, 0.4) is 0 Å². The Morgan fingerprint density at radius 1 is 0.872 bits per heavy atom. The zero-order valence-corrected chi connectivity index (χ0v) is 23.2. The fourth-order valence-corrected chi connectivity index (χ4v) is 5.94. The molecule has 1 amide bonds. The van der Waals surface area contributed by atoms with Crippen LogP contribution in [0.2, 0.25) is 0 Å². The second-order valence-corrected chi connectivity index (χ2v) is 11.1. The van der Waals surface area contributed by atoms with E-state index < -0.39 is 10.0 Å². The van der Waals surface area contributed by atoms with E-state index in [1.54, 1.807) is 67.7 Å². The summed E-state index contributed by atoms with van der Waals surface area (Å²) in [5.41, 5.74) is 1.52. The number of methoxy groups -OCH3 is 2. The molecule has 0 bridgehead atoms. The van der Waals surface area contributed by atoms with Crippen molar-refractivity contribution in [3.63, 3.8) is 0 Å². The normalized spacial score (nSPS) is 14.8. The zero-order valence-electron chi connectivity index (χ0n) is 22.4. The third-order valence-corrected chi connectivity index (χ3v) is 8.70. The molecule has 0 aliphatic carbocycles. The fourth-order valence-electron chi connectivity index (χ4n) is 4.50. The molecular weight excluding hydrogens is 514 g/mol. The second-order valence-electron chi connectivity index (χ2n) is 9.18. The molecule has 0 aromatic heterocycles. The van der Waals surface area contributed by atoms with Gasteiger partial charge in [0, 0.05) is 56.9 Å². The Labute approximate surface area is 231 Å². The van der Waals surface area contributed by atoms with Gasteiger partial charge in [-0.05, 0) is 42.5 Å². The van der Waals surface area contributed by atoms with Crippen molar-refractivity contribution in [1.82, 2.24) is 14.1 Å². The van der Waals surface area contributed by atoms with Crippen molar-refractivity contribution >= 4 is 22.0 Å². The van der Waals surface area contributed by atoms with Gasteiger partial charge in [-0.25, -0.2) is 8.42 Å². The highest BCUT2D eigenvalue weighted by atomic mass is 32.2. The number of amides is 1. The zero-order chi connectivity index (χ0) is 27.7. The molecule has 9 heteroatoms. The lowest BCUT2D eigenvalue weighted by atomic mass is 10.1. The summed E-state index contributed by atoms with van der Waals surface area (Å²) in [6, 6.07) is 23.4. The second kappa shape index (κ2) is 13.4. The highest BCUT2D eigenvalue weighted by Crippen LogP contribution is 2.20. The van der Waals surface area contributed by atoms with Crippen LogP contribution in [-0.4, -0.2) is 88.5 Å². The molecule has 0 atom stereocenters. The predicted molar refractivity (Wildman–Crippen MR) is 153 cm³/mol. The summed E-state index contributed by atoms with van der Waals surface area (Å²) in [4.78, 5) is 17.8. The largest absolute Gasteiger partial charge is 0.497 e. The number of benzene rings is 3. The number of rotatable bonds is 11. The molecule has 39 heavy (non-hydrogen) atoms. The monoisotopic (exact) mass is 549 g/mol. The first-order valence-corrected chi connectivity index (χ1v) is 14.4. The molecular formula is C30H35N3O5S. The maximum Gasteiger partial charge on any atom is 0.254 e. The van der Waals surface area contributed by atoms with E-state index in [0.29, 0.717) is 62.0 Å². The van der Waals surface area contributed by atoms with Crippen molar-refractivity contribution in [2.24, 2.45) is 0 Å². The molecule has 0 radical (unpaired) electrons. The Kier molecular flexibility index (Phi) is 9.75. The summed E-state index contributed by atoms with van der Waals surface area (Å²) in [5, 5.41) is 0. The molecule has 3 aromatic carbocycles. The van der Waals surface area contributed by atoms with Gasteiger partial charge < -0.3 is 14.4 Å². The number of ether oxygens (including phenoxy) is 2. The Morgan fingerprint density at radius 3 is 2.21 bits per heavy atom. The van der Waals surface area contributed by atoms with Crippen LogP contribution >= 0.6 is 0 Å². The first kappa shape index (κ1) is 28.4. The number of sulfonamides is 1. The molecule has 1 aliphatic heterocycles. The number of carbonyl (C=O) groups excluding carboxylic acids is 1. The average Bonchev–Trinajstić information content (AvgIpc) is 2.99. The molecule has 0 N–H and O–H groups in total. The number of piperazine rings is 1. The van der Waals surface area contributed by atoms with Crippen LogP contribution in [0.25, 0.3) is 6.08 Å². The van der Waals surface area contributed by atoms with Crippen LogP contribution in [0.1, 0.15) is 15.9 Å². The Balaban J connectivity index is 1.40. The van der Waals surface area contributed by atoms with Gasteiger partial charge in [-0.2, -0.15) is 4.31 Å². The van der Waals surface area contributed by atoms with Gasteiger partial charge in [-0.3, -0.25) is 9.69 Å². The summed E-state index contributed by atoms with van der Waals surface area (Å²) in [7, 11) is -0.274. The third kappa shape index (κ3) is 7.26. The van der Waals surface area contributed by atoms with E-state index in [0.717, 1.165) is 11.3 Å². The number of hydrogen-bond donors (Lipinski definition) is 0. The van der Waals surface area contributed by atoms with E-state index >= 15 is 0 Å². The van der Waals surface area contributed by atoms with Gasteiger partial charge >= 0.3 is 0 Å². The van der Waals surface area contributed by atoms with Crippen molar-refractivity contribution in [2.75, 3.05) is 60.0 Å². The molecule has 206 valence electrons. The molecule has 8 nitrogen and oxygen atoms in total. The van der Waals surface area contributed by atoms with Crippen LogP contribution in [0.5, 0.6) is 11.5 Å². The number of hydrogen-bond acceptors (Lipinski definition) is 6. The highest BCUT2D eigenvalue weighted by molar-refractivity contribution is 7.89. The number of carbonyl (C=O) groups is 1. The lowest BCUT2D eigenvalue weighted by molar-refractivity contribution is 0.0745. The maximum atomic E-state index is 13.4. The molecule has 0 saturated carbocycles. The lowest BCUT2D eigenvalue weighted by Crippen LogP contribution is -2.50. The van der Waals surface area contributed by atoms with Gasteiger partial charge in [0.15, 0.2) is 0 Å². The van der Waals surface area contributed by atoms with E-state index in [4.69, 9.17) is 9.47 Å². The minimum atomic E-state index is -3.50. The molecule has 4 rings (SSSR count). The van der Waals surface area contributed by atoms with Gasteiger partial charge in [0.2, 0.25) is 10.0 Å². The van der Waals surface area contributed by atoms with Crippen molar-refractivity contribution in [1.29, 1.82) is 0 Å². The molecule has 0 spiro atoms. The Hall–Kier alpha value is -3.66. The standard InChI is InChI=1S/C30H35N3O5S/c1-37-27-16-14-26(15-17-27)30(34)32(18-8-10-25-9-6-7-13-29(25)38-2)22-19-31-20-23-33(24-21-31)39(35,36)28-11-4-3-5-12-28/h3-17H,18-24H2,1-2H3/b10-8+. The lowest BCUT2D eigenvalue weighted by Gasteiger charge is -2.35. The van der Waals surface area contributed by atoms with Gasteiger partial charge in [0.05, 0.1) is 19.1 Å². The molecule has 3 aromatic rings. The minimum Gasteiger partial charge on any atom is -0.497 e. The fraction of sp³-hybridized carbons (Fsp3) is 0.300. The molecule has 1 fully saturated rings. The van der Waals surface area contributed by atoms with E-state index in [1.807, 2.05) is 42.5 Å². The van der Waals surface area contributed by atoms with E-state index in [-0.39, 0.29) is 5.91 Å². The smallest absolute Gasteiger partial charge is 0.254 e. The summed E-state index contributed by atoms with van der Waals surface area (Å²) in [5.74, 6) is 1.38. The average molecular weight is 550 g/mol. The van der Waals surface area contributed by atoms with Crippen LogP contribution in [0.15, 0.2) is 89.8 Å². The van der Waals surface area contributed by atoms with Gasteiger partial charge in [-0.1, -0.05) is 48.6 Å². The van der Waals surface area contributed by atoms with E-state index in [2.05, 4.69) is 4.90 Å². The minimum absolute atomic E-state index is 0.0763. The SMILES string of the molecule is COc1ccc(C(=O)N(C/C=C/c2ccccc2OC)CCN2CCN(S(=O)(=O)c3ccccc3)CC2)cc1. The summed E-state index contributed by atoms with van der Waals surface area (Å²) in [6.45, 7) is 3.61. The van der Waals surface area contributed by atoms with Crippen molar-refractivity contribution < 1.29 is 22.7 Å². The van der Waals surface area contributed by atoms with Crippen LogP contribution in [-0.2, 0) is 10.0 Å². The van der Waals surface area contributed by atoms with Crippen molar-refractivity contribution in [3.8, 4) is 11.5 Å². The predicted octanol–water partition coefficient (Wildman–Crippen LogP) is 3.87. The quantitative estimate of drug-likeness (QED) is 0.361. The highest BCUT2D eigenvalue weighted by Gasteiger charge is 2.28. The van der Waals surface area contributed by atoms with Gasteiger partial charge in [-0.15, -0.1) is 0 Å². The number of nitrogens with zero attached hydrogens (tertiary/aromatic N) is 3. The first-order valence-electron chi connectivity index (χ1n) is 12.9. The molecule has 1 saturated heterocycles. The Bertz CT molecular complexity index is 1350. The summed E-state index contributed by atoms with van der Waals surface area (Å²) in [6.07, 6.45) is 3.92. The van der Waals surface area contributed by atoms with E-state index in [9.17, 15) is 13.2 Å². The Morgan fingerprint density at radius 2 is 1.54 bits per heavy atom. The van der Waals surface area contributed by atoms with Gasteiger partial charge in [0.1, 0.15) is 11.5 Å². The summed E-state index contributed by atoms with van der Waals surface area (Å²) >= 11 is 0. The van der Waals surface area contributed by atoms with Gasteiger partial charge in [0.25, 0.3) is 5.91 Å². The van der Waals surface area contributed by atoms with Crippen LogP contribution < -0.4 is 9.47 Å². The molecule has 1 heterocycles. The van der Waals surface area contributed by atoms with Crippen LogP contribution in [0.4, 0.5) is 0 Å². The first-order chi connectivity index (χ1) is 18.9. The number of para-hydroxylation sites is 1. The summed E-state index contributed by atoms with van der Waals surface area (Å²) < 4.78 is 38.1. The van der Waals surface area contributed by atoms with E-state index in [1.165, 1.54) is 4.31 Å². The topological polar surface area (TPSA) is 79.4 Å². The van der Waals surface area contributed by atoms with Crippen molar-refractivity contribution in [2.45, 2.75) is 4.90 Å². The van der Waals surface area contributed by atoms with Crippen LogP contribution in [0, 0.1) is 0 Å². The third-order valence-electron chi connectivity index (χ3n) is 6.78. The molecule has 0 unspecified atom stereocenters. The van der Waals surface area contributed by atoms with Crippen molar-refractivity contribution in [3.05, 3.63) is 96.1 Å². The molecule has 1 aliphatic rings. The maximum absolute atomic E-state index is 13.4.